The zero-order valence-corrected chi connectivity index (χ0v) is 8.21. The maximum atomic E-state index is 12.2. The fourth-order valence-electron chi connectivity index (χ4n) is 0.904. The largest absolute Gasteiger partial charge is 0.309 e. The Kier molecular flexibility index (Phi) is 3.03. The first kappa shape index (κ1) is 9.45. The van der Waals surface area contributed by atoms with Crippen molar-refractivity contribution in [3.63, 3.8) is 0 Å². The average molecular weight is 234 g/mol. The van der Waals surface area contributed by atoms with E-state index in [9.17, 15) is 9.18 Å². The maximum Gasteiger partial charge on any atom is 0.265 e. The second kappa shape index (κ2) is 3.85. The quantitative estimate of drug-likeness (QED) is 0.768. The summed E-state index contributed by atoms with van der Waals surface area (Å²) >= 11 is 3.09. The van der Waals surface area contributed by atoms with Gasteiger partial charge in [-0.3, -0.25) is 4.79 Å². The van der Waals surface area contributed by atoms with Gasteiger partial charge in [0.05, 0.1) is 10.5 Å². The second-order valence-corrected chi connectivity index (χ2v) is 3.43. The van der Waals surface area contributed by atoms with Crippen molar-refractivity contribution in [3.8, 4) is 0 Å². The maximum absolute atomic E-state index is 12.2. The number of pyridine rings is 1. The van der Waals surface area contributed by atoms with Gasteiger partial charge in [-0.15, -0.1) is 0 Å². The van der Waals surface area contributed by atoms with Crippen LogP contribution < -0.4 is 5.56 Å². The van der Waals surface area contributed by atoms with Crippen LogP contribution in [0, 0.1) is 0 Å². The lowest BCUT2D eigenvalue weighted by Gasteiger charge is -2.10. The Balaban J connectivity index is 3.17. The SMILES string of the molecule is CC(CF)n1cccc(Br)c1=O. The molecule has 4 heteroatoms. The highest BCUT2D eigenvalue weighted by atomic mass is 79.9. The molecular formula is C8H9BrFNO. The third-order valence-corrected chi connectivity index (χ3v) is 2.23. The molecule has 12 heavy (non-hydrogen) atoms. The molecule has 1 unspecified atom stereocenters. The topological polar surface area (TPSA) is 22.0 Å². The van der Waals surface area contributed by atoms with Crippen molar-refractivity contribution in [2.24, 2.45) is 0 Å². The number of hydrogen-bond acceptors (Lipinski definition) is 1. The Morgan fingerprint density at radius 3 is 3.00 bits per heavy atom. The monoisotopic (exact) mass is 233 g/mol. The van der Waals surface area contributed by atoms with Crippen LogP contribution in [0.4, 0.5) is 4.39 Å². The van der Waals surface area contributed by atoms with Crippen LogP contribution in [0.25, 0.3) is 0 Å². The van der Waals surface area contributed by atoms with E-state index in [1.54, 1.807) is 25.3 Å². The number of nitrogens with zero attached hydrogens (tertiary/aromatic N) is 1. The van der Waals surface area contributed by atoms with E-state index in [4.69, 9.17) is 0 Å². The first-order valence-corrected chi connectivity index (χ1v) is 4.38. The molecule has 66 valence electrons. The van der Waals surface area contributed by atoms with Crippen LogP contribution in [-0.4, -0.2) is 11.2 Å². The van der Waals surface area contributed by atoms with Crippen LogP contribution in [0.2, 0.25) is 0 Å². The summed E-state index contributed by atoms with van der Waals surface area (Å²) in [6.45, 7) is 1.13. The van der Waals surface area contributed by atoms with E-state index in [2.05, 4.69) is 15.9 Å². The standard InChI is InChI=1S/C8H9BrFNO/c1-6(5-10)11-4-2-3-7(9)8(11)12/h2-4,6H,5H2,1H3. The first-order valence-electron chi connectivity index (χ1n) is 3.59. The summed E-state index contributed by atoms with van der Waals surface area (Å²) in [6.07, 6.45) is 1.58. The summed E-state index contributed by atoms with van der Waals surface area (Å²) in [7, 11) is 0. The van der Waals surface area contributed by atoms with Gasteiger partial charge in [0.2, 0.25) is 0 Å². The highest BCUT2D eigenvalue weighted by Crippen LogP contribution is 2.06. The van der Waals surface area contributed by atoms with Crippen molar-refractivity contribution in [1.82, 2.24) is 4.57 Å². The van der Waals surface area contributed by atoms with Gasteiger partial charge in [0, 0.05) is 6.20 Å². The fraction of sp³-hybridized carbons (Fsp3) is 0.375. The van der Waals surface area contributed by atoms with Crippen LogP contribution in [-0.2, 0) is 0 Å². The lowest BCUT2D eigenvalue weighted by molar-refractivity contribution is 0.370. The molecule has 0 bridgehead atoms. The molecule has 1 rings (SSSR count). The molecular weight excluding hydrogens is 225 g/mol. The third kappa shape index (κ3) is 1.75. The van der Waals surface area contributed by atoms with Gasteiger partial charge in [-0.25, -0.2) is 4.39 Å². The van der Waals surface area contributed by atoms with Gasteiger partial charge in [-0.1, -0.05) is 0 Å². The van der Waals surface area contributed by atoms with Gasteiger partial charge >= 0.3 is 0 Å². The highest BCUT2D eigenvalue weighted by Gasteiger charge is 2.06. The second-order valence-electron chi connectivity index (χ2n) is 2.57. The zero-order valence-electron chi connectivity index (χ0n) is 6.63. The molecule has 0 saturated heterocycles. The van der Waals surface area contributed by atoms with Crippen LogP contribution in [0.1, 0.15) is 13.0 Å². The fourth-order valence-corrected chi connectivity index (χ4v) is 1.26. The molecule has 0 aromatic carbocycles. The number of rotatable bonds is 2. The molecule has 0 amide bonds. The van der Waals surface area contributed by atoms with E-state index in [0.717, 1.165) is 0 Å². The Bertz CT molecular complexity index is 323. The molecule has 1 aromatic rings. The Hall–Kier alpha value is -0.640. The van der Waals surface area contributed by atoms with E-state index in [1.165, 1.54) is 4.57 Å². The van der Waals surface area contributed by atoms with Crippen LogP contribution in [0.5, 0.6) is 0 Å². The van der Waals surface area contributed by atoms with Crippen molar-refractivity contribution in [2.45, 2.75) is 13.0 Å². The lowest BCUT2D eigenvalue weighted by atomic mass is 10.3. The number of aromatic nitrogens is 1. The molecule has 0 N–H and O–H groups in total. The molecule has 0 saturated carbocycles. The van der Waals surface area contributed by atoms with Crippen LogP contribution in [0.15, 0.2) is 27.6 Å². The lowest BCUT2D eigenvalue weighted by Crippen LogP contribution is -2.23. The molecule has 1 aromatic heterocycles. The molecule has 1 heterocycles. The van der Waals surface area contributed by atoms with Gasteiger partial charge in [0.1, 0.15) is 6.67 Å². The van der Waals surface area contributed by atoms with Crippen molar-refractivity contribution >= 4 is 15.9 Å². The number of hydrogen-bond donors (Lipinski definition) is 0. The molecule has 0 aliphatic heterocycles. The van der Waals surface area contributed by atoms with E-state index < -0.39 is 12.7 Å². The van der Waals surface area contributed by atoms with Crippen LogP contribution in [0.3, 0.4) is 0 Å². The first-order chi connectivity index (χ1) is 5.66. The molecule has 0 fully saturated rings. The predicted octanol–water partition coefficient (Wildman–Crippen LogP) is 2.14. The van der Waals surface area contributed by atoms with Gasteiger partial charge in [-0.05, 0) is 35.0 Å². The zero-order chi connectivity index (χ0) is 9.14. The van der Waals surface area contributed by atoms with E-state index in [1.807, 2.05) is 0 Å². The van der Waals surface area contributed by atoms with Crippen LogP contribution >= 0.6 is 15.9 Å². The predicted molar refractivity (Wildman–Crippen MR) is 49.1 cm³/mol. The molecule has 0 aliphatic rings. The average Bonchev–Trinajstić information content (AvgIpc) is 2.08. The molecule has 2 nitrogen and oxygen atoms in total. The Labute approximate surface area is 78.2 Å². The summed E-state index contributed by atoms with van der Waals surface area (Å²) in [5.41, 5.74) is -0.192. The van der Waals surface area contributed by atoms with Crippen molar-refractivity contribution in [1.29, 1.82) is 0 Å². The van der Waals surface area contributed by atoms with Crippen molar-refractivity contribution < 1.29 is 4.39 Å². The van der Waals surface area contributed by atoms with Gasteiger partial charge < -0.3 is 4.57 Å². The molecule has 0 aliphatic carbocycles. The van der Waals surface area contributed by atoms with Gasteiger partial charge in [0.15, 0.2) is 0 Å². The Morgan fingerprint density at radius 2 is 2.42 bits per heavy atom. The normalized spacial score (nSPS) is 12.9. The smallest absolute Gasteiger partial charge is 0.265 e. The minimum Gasteiger partial charge on any atom is -0.309 e. The van der Waals surface area contributed by atoms with E-state index in [0.29, 0.717) is 4.47 Å². The highest BCUT2D eigenvalue weighted by molar-refractivity contribution is 9.10. The molecule has 1 atom stereocenters. The minimum absolute atomic E-state index is 0.192. The molecule has 0 radical (unpaired) electrons. The summed E-state index contributed by atoms with van der Waals surface area (Å²) in [4.78, 5) is 11.3. The summed E-state index contributed by atoms with van der Waals surface area (Å²) < 4.78 is 14.0. The van der Waals surface area contributed by atoms with Crippen molar-refractivity contribution in [3.05, 3.63) is 33.2 Å². The summed E-state index contributed by atoms with van der Waals surface area (Å²) in [5, 5.41) is 0. The Morgan fingerprint density at radius 1 is 1.75 bits per heavy atom. The summed E-state index contributed by atoms with van der Waals surface area (Å²) in [6, 6.07) is 2.96. The number of alkyl halides is 1. The third-order valence-electron chi connectivity index (χ3n) is 1.63. The van der Waals surface area contributed by atoms with E-state index in [-0.39, 0.29) is 5.56 Å². The van der Waals surface area contributed by atoms with Gasteiger partial charge in [-0.2, -0.15) is 0 Å². The van der Waals surface area contributed by atoms with E-state index >= 15 is 0 Å². The summed E-state index contributed by atoms with van der Waals surface area (Å²) in [5.74, 6) is 0. The minimum atomic E-state index is -0.531. The van der Waals surface area contributed by atoms with Gasteiger partial charge in [0.25, 0.3) is 5.56 Å². The number of halogens is 2. The molecule has 0 spiro atoms. The van der Waals surface area contributed by atoms with Crippen molar-refractivity contribution in [2.75, 3.05) is 6.67 Å².